The van der Waals surface area contributed by atoms with Crippen LogP contribution >= 0.6 is 11.6 Å². The third kappa shape index (κ3) is 38.7. The number of amides is 9. The zero-order chi connectivity index (χ0) is 87.7. The molecule has 0 bridgehead atoms. The first kappa shape index (κ1) is 113. The van der Waals surface area contributed by atoms with Crippen LogP contribution < -0.4 is 43.0 Å². The number of carbonyl (C=O) groups excluding carboxylic acids is 14. The maximum Gasteiger partial charge on any atom is 0.303 e. The number of phenols is 3. The molecule has 2 saturated heterocycles. The number of fused-ring (bicyclic) bond motifs is 1. The second-order valence-corrected chi connectivity index (χ2v) is 32.0. The third-order valence-electron chi connectivity index (χ3n) is 21.6. The third-order valence-corrected chi connectivity index (χ3v) is 21.9. The molecule has 4 aromatic carbocycles. The fourth-order valence-electron chi connectivity index (χ4n) is 14.5. The number of carboxylic acids is 1. The molecule has 0 unspecified atom stereocenters. The summed E-state index contributed by atoms with van der Waals surface area (Å²) < 4.78 is 0. The number of aliphatic hydroxyl groups is 1. The van der Waals surface area contributed by atoms with Gasteiger partial charge in [0.1, 0.15) is 23.3 Å². The van der Waals surface area contributed by atoms with E-state index in [0.717, 1.165) is 4.90 Å². The van der Waals surface area contributed by atoms with Crippen molar-refractivity contribution in [3.63, 3.8) is 0 Å². The Kier molecular flexibility index (Phi) is 52.9. The van der Waals surface area contributed by atoms with E-state index in [1.54, 1.807) is 52.0 Å². The minimum Gasteiger partial charge on any atom is -0.677 e. The monoisotopic (exact) mass is 2030 g/mol. The largest absolute Gasteiger partial charge is 0.677 e. The summed E-state index contributed by atoms with van der Waals surface area (Å²) in [5, 5.41) is 71.0. The molecule has 2 heterocycles. The summed E-state index contributed by atoms with van der Waals surface area (Å²) in [6.07, 6.45) is -7.63. The van der Waals surface area contributed by atoms with E-state index in [2.05, 4.69) is 37.2 Å². The van der Waals surface area contributed by atoms with Crippen molar-refractivity contribution in [2.45, 2.75) is 224 Å². The van der Waals surface area contributed by atoms with Crippen molar-refractivity contribution < 1.29 is 228 Å². The van der Waals surface area contributed by atoms with Gasteiger partial charge in [0, 0.05) is 231 Å². The number of Topliss-reactive ketones (excluding diaryl/α,β-unsaturated/α-hetero) is 5. The number of aromatic hydroxyl groups is 3. The van der Waals surface area contributed by atoms with Crippen LogP contribution in [0.5, 0.6) is 17.2 Å². The van der Waals surface area contributed by atoms with E-state index >= 15 is 24.0 Å². The molecule has 0 spiro atoms. The molecule has 9 amide bonds. The van der Waals surface area contributed by atoms with Crippen molar-refractivity contribution in [1.29, 1.82) is 0 Å². The maximum absolute atomic E-state index is 15.5. The predicted octanol–water partition coefficient (Wildman–Crippen LogP) is 6.82. The Balaban J connectivity index is 0.0000128. The van der Waals surface area contributed by atoms with Gasteiger partial charge in [0.25, 0.3) is 0 Å². The molecule has 33 nitrogen and oxygen atoms in total. The smallest absolute Gasteiger partial charge is 0.303 e. The fraction of sp³-hybridized carbons (Fsp3) is 0.541. The van der Waals surface area contributed by atoms with Gasteiger partial charge in [0.15, 0.2) is 28.9 Å². The van der Waals surface area contributed by atoms with Gasteiger partial charge in [-0.3, -0.25) is 71.9 Å². The van der Waals surface area contributed by atoms with Gasteiger partial charge < -0.3 is 96.3 Å². The SMILES string of the molecule is CC[C@H](C)[C@H](NC(=O)[C@@H](CC(=O)[C@@H]1CCCC[C@H](NC(=O)[C@@H](CCC(=O)O)CC(=O)[C@H](Cc2ccc(O)cc2)NC(=O)[C@@H]([NH-])CC[NH-])C(=O)N2C[C@H](O)C[C@H]2C(=O)C[C@@H](Cc2ccc(O)c(Cl)c2)C(=O)NCC(=O)C[C@@H](CC(C)C)C(=O)N1)Cc1ccc(O)cc1)C(=O)C[C@@H](CCC(N)=O)C(=O)NCc1ccc(CNC(=O)[C@@H]([NH-])CC[NH-])cc1.[Y].[Y].[Y].[Y]. The number of rotatable bonds is 41. The average Bonchev–Trinajstić information content (AvgIpc) is 1.72. The summed E-state index contributed by atoms with van der Waals surface area (Å²) >= 11 is 6.30. The summed E-state index contributed by atoms with van der Waals surface area (Å²) in [5.74, 6) is -20.2. The van der Waals surface area contributed by atoms with Crippen LogP contribution in [0.1, 0.15) is 171 Å². The van der Waals surface area contributed by atoms with Gasteiger partial charge in [0.05, 0.1) is 41.8 Å². The number of carbonyl (C=O) groups is 15. The van der Waals surface area contributed by atoms with Crippen LogP contribution in [-0.2, 0) is 235 Å². The molecule has 2 aliphatic rings. The molecule has 4 radical (unpaired) electrons. The van der Waals surface area contributed by atoms with Crippen LogP contribution in [0.3, 0.4) is 0 Å². The molecular weight excluding hydrogens is 1910 g/mol. The van der Waals surface area contributed by atoms with Crippen LogP contribution in [0, 0.1) is 41.4 Å². The fourth-order valence-corrected chi connectivity index (χ4v) is 14.7. The summed E-state index contributed by atoms with van der Waals surface area (Å²) in [6, 6.07) is 12.2. The topological polar surface area (TPSA) is 566 Å². The van der Waals surface area contributed by atoms with Crippen molar-refractivity contribution in [1.82, 2.24) is 42.1 Å². The summed E-state index contributed by atoms with van der Waals surface area (Å²) in [5.41, 5.74) is 39.2. The van der Waals surface area contributed by atoms with Gasteiger partial charge in [-0.05, 0) is 127 Å². The van der Waals surface area contributed by atoms with Crippen LogP contribution in [0.2, 0.25) is 5.02 Å². The number of nitrogens with zero attached hydrogens (tertiary/aromatic N) is 1. The quantitative estimate of drug-likeness (QED) is 0.0217. The van der Waals surface area contributed by atoms with Crippen LogP contribution in [0.4, 0.5) is 0 Å². The maximum atomic E-state index is 15.5. The predicted molar refractivity (Wildman–Crippen MR) is 440 cm³/mol. The van der Waals surface area contributed by atoms with Crippen LogP contribution in [-0.4, -0.2) is 193 Å². The van der Waals surface area contributed by atoms with E-state index in [1.807, 2.05) is 0 Å². The van der Waals surface area contributed by atoms with E-state index < -0.39 is 230 Å². The Hall–Kier alpha value is -6.16. The van der Waals surface area contributed by atoms with Crippen LogP contribution in [0.25, 0.3) is 22.9 Å². The molecule has 6 rings (SSSR count). The molecule has 2 aliphatic heterocycles. The molecule has 14 atom stereocenters. The van der Waals surface area contributed by atoms with Crippen molar-refractivity contribution in [3.8, 4) is 17.2 Å². The van der Waals surface area contributed by atoms with Crippen LogP contribution in [0.15, 0.2) is 91.0 Å². The molecule has 2 fully saturated rings. The molecular formula is C85H114ClN13O20Y4-4. The zero-order valence-corrected chi connectivity index (χ0v) is 82.1. The number of ketones is 5. The number of hydrogen-bond donors (Lipinski definition) is 13. The number of primary amides is 1. The van der Waals surface area contributed by atoms with Crippen molar-refractivity contribution in [3.05, 3.63) is 147 Å². The van der Waals surface area contributed by atoms with Gasteiger partial charge in [-0.2, -0.15) is 13.1 Å². The standard InChI is InChI=1S/C85H114ClN13O20.4Y/c1-5-48(4)77(74(108)39-54(19-26-75(91)109)78(112)92-43-51-10-12-52(13-11-51)44-93-83(117)64(89)28-30-87)98-82(116)58(33-49-14-21-59(100)22-15-49)40-71(105)66-8-6-7-9-67(96-80(114)55(20-27-76(110)111)38-72(106)68(97-84(118)65(90)29-31-88)36-50-16-23-60(101)24-17-50)85(119)99-46-62(103)42-69(99)73(107)41-57(34-53-18-25-70(104)63(86)35-53)79(113)94-45-61(102)37-56(32-47(2)3)81(115)95-66;;;;/h10-18,21-25,35,47-48,54-58,62,64-69,77,87-90,100-101,103-104H,5-9,19-20,26-34,36-46H2,1-4H3,(H2,91,109)(H,92,112)(H,93,117)(H,94,113)(H,95,115)(H,96,114)(H,97,118)(H,98,116)(H,110,111);;;;/q-4;;;;/t48-,54+,55-,56+,57+,58+,62+,64-,65-,66-,67-,68-,69-,77-;;;;/m0..../s1. The molecule has 4 aromatic rings. The number of benzene rings is 4. The first-order valence-corrected chi connectivity index (χ1v) is 40.8. The normalized spacial score (nSPS) is 19.2. The Labute approximate surface area is 822 Å². The molecule has 18 N–H and O–H groups in total. The minimum atomic E-state index is -1.68. The second kappa shape index (κ2) is 57.6. The Morgan fingerprint density at radius 3 is 1.71 bits per heavy atom. The number of phenolic OH excluding ortho intramolecular Hbond substituents is 3. The molecule has 662 valence electrons. The average molecular weight is 2030 g/mol. The summed E-state index contributed by atoms with van der Waals surface area (Å²) in [7, 11) is 0. The number of halogens is 1. The molecule has 0 aliphatic carbocycles. The molecule has 123 heavy (non-hydrogen) atoms. The Bertz CT molecular complexity index is 4200. The first-order valence-electron chi connectivity index (χ1n) is 40.4. The van der Waals surface area contributed by atoms with E-state index in [4.69, 9.17) is 40.3 Å². The number of aliphatic carboxylic acids is 1. The second-order valence-electron chi connectivity index (χ2n) is 31.6. The van der Waals surface area contributed by atoms with Crippen molar-refractivity contribution >= 4 is 99.7 Å². The Morgan fingerprint density at radius 2 is 1.15 bits per heavy atom. The van der Waals surface area contributed by atoms with Gasteiger partial charge in [-0.1, -0.05) is 138 Å². The summed E-state index contributed by atoms with van der Waals surface area (Å²) in [4.78, 5) is 215. The van der Waals surface area contributed by atoms with Crippen molar-refractivity contribution in [2.24, 2.45) is 47.2 Å². The van der Waals surface area contributed by atoms with Gasteiger partial charge in [-0.15, -0.1) is 0 Å². The number of aliphatic hydroxyl groups excluding tert-OH is 1. The van der Waals surface area contributed by atoms with E-state index in [9.17, 15) is 73.5 Å². The molecule has 0 aromatic heterocycles. The summed E-state index contributed by atoms with van der Waals surface area (Å²) in [6.45, 7) is 5.56. The van der Waals surface area contributed by atoms with E-state index in [1.165, 1.54) is 66.7 Å². The van der Waals surface area contributed by atoms with Gasteiger partial charge in [0.2, 0.25) is 53.2 Å². The molecule has 38 heteroatoms. The number of nitrogens with two attached hydrogens (primary N) is 1. The first-order chi connectivity index (χ1) is 56.4. The zero-order valence-electron chi connectivity index (χ0n) is 70.0. The van der Waals surface area contributed by atoms with E-state index in [0.29, 0.717) is 34.2 Å². The molecule has 0 saturated carbocycles. The van der Waals surface area contributed by atoms with E-state index in [-0.39, 0.29) is 269 Å². The number of carboxylic acid groups (broad SMARTS) is 1. The van der Waals surface area contributed by atoms with Gasteiger partial charge >= 0.3 is 5.97 Å². The van der Waals surface area contributed by atoms with Crippen molar-refractivity contribution in [2.75, 3.05) is 26.2 Å². The Morgan fingerprint density at radius 1 is 0.610 bits per heavy atom. The van der Waals surface area contributed by atoms with Gasteiger partial charge in [-0.25, -0.2) is 0 Å². The minimum absolute atomic E-state index is 0. The number of hydrogen-bond acceptors (Lipinski definition) is 19. The number of nitrogens with one attached hydrogen (secondary N) is 11.